The Kier molecular flexibility index (Phi) is 3.65. The SMILES string of the molecule is O=C(Nc1cc(Cl)ncn1)c1cccnc1Br. The van der Waals surface area contributed by atoms with Crippen LogP contribution < -0.4 is 5.32 Å². The first-order chi connectivity index (χ1) is 8.16. The van der Waals surface area contributed by atoms with Crippen molar-refractivity contribution in [1.82, 2.24) is 15.0 Å². The van der Waals surface area contributed by atoms with Crippen LogP contribution in [0.4, 0.5) is 5.82 Å². The zero-order valence-corrected chi connectivity index (χ0v) is 10.7. The normalized spacial score (nSPS) is 10.0. The van der Waals surface area contributed by atoms with E-state index >= 15 is 0 Å². The van der Waals surface area contributed by atoms with Crippen LogP contribution in [0.1, 0.15) is 10.4 Å². The van der Waals surface area contributed by atoms with Crippen molar-refractivity contribution >= 4 is 39.3 Å². The second-order valence-electron chi connectivity index (χ2n) is 3.02. The van der Waals surface area contributed by atoms with Gasteiger partial charge in [-0.3, -0.25) is 4.79 Å². The fourth-order valence-corrected chi connectivity index (χ4v) is 1.72. The van der Waals surface area contributed by atoms with Crippen LogP contribution in [-0.4, -0.2) is 20.9 Å². The summed E-state index contributed by atoms with van der Waals surface area (Å²) in [5, 5.41) is 2.86. The number of pyridine rings is 1. The number of nitrogens with zero attached hydrogens (tertiary/aromatic N) is 3. The number of rotatable bonds is 2. The molecule has 0 aliphatic rings. The number of halogens is 2. The van der Waals surface area contributed by atoms with Crippen molar-refractivity contribution in [3.8, 4) is 0 Å². The molecule has 2 aromatic rings. The molecule has 0 bridgehead atoms. The molecule has 2 heterocycles. The van der Waals surface area contributed by atoms with E-state index in [9.17, 15) is 4.79 Å². The number of amides is 1. The monoisotopic (exact) mass is 312 g/mol. The van der Waals surface area contributed by atoms with Crippen LogP contribution in [0.5, 0.6) is 0 Å². The lowest BCUT2D eigenvalue weighted by Crippen LogP contribution is -2.14. The van der Waals surface area contributed by atoms with E-state index in [0.29, 0.717) is 16.0 Å². The molecular weight excluding hydrogens is 307 g/mol. The Morgan fingerprint density at radius 3 is 2.88 bits per heavy atom. The van der Waals surface area contributed by atoms with E-state index in [0.717, 1.165) is 0 Å². The summed E-state index contributed by atoms with van der Waals surface area (Å²) in [5.74, 6) is 0.0190. The molecule has 0 saturated carbocycles. The van der Waals surface area contributed by atoms with Gasteiger partial charge in [0, 0.05) is 12.3 Å². The van der Waals surface area contributed by atoms with Crippen LogP contribution in [0.15, 0.2) is 35.3 Å². The topological polar surface area (TPSA) is 67.8 Å². The average molecular weight is 314 g/mol. The minimum absolute atomic E-state index is 0.264. The number of nitrogens with one attached hydrogen (secondary N) is 1. The fourth-order valence-electron chi connectivity index (χ4n) is 1.14. The van der Waals surface area contributed by atoms with Crippen LogP contribution in [0.3, 0.4) is 0 Å². The maximum Gasteiger partial charge on any atom is 0.259 e. The van der Waals surface area contributed by atoms with Crippen LogP contribution >= 0.6 is 27.5 Å². The van der Waals surface area contributed by atoms with E-state index in [1.54, 1.807) is 18.3 Å². The molecule has 17 heavy (non-hydrogen) atoms. The summed E-state index contributed by atoms with van der Waals surface area (Å²) in [6, 6.07) is 4.78. The van der Waals surface area contributed by atoms with E-state index in [1.165, 1.54) is 12.4 Å². The van der Waals surface area contributed by atoms with Crippen molar-refractivity contribution in [2.24, 2.45) is 0 Å². The molecule has 0 radical (unpaired) electrons. The molecule has 0 aromatic carbocycles. The molecule has 2 rings (SSSR count). The molecule has 1 N–H and O–H groups in total. The molecule has 0 aliphatic heterocycles. The van der Waals surface area contributed by atoms with Gasteiger partial charge in [0.2, 0.25) is 0 Å². The standard InChI is InChI=1S/C10H6BrClN4O/c11-9-6(2-1-3-13-9)10(17)16-8-4-7(12)14-5-15-8/h1-5H,(H,14,15,16,17). The molecule has 0 aliphatic carbocycles. The molecule has 7 heteroatoms. The number of carbonyl (C=O) groups is 1. The molecule has 0 fully saturated rings. The minimum atomic E-state index is -0.320. The Balaban J connectivity index is 2.20. The van der Waals surface area contributed by atoms with Crippen molar-refractivity contribution < 1.29 is 4.79 Å². The number of carbonyl (C=O) groups excluding carboxylic acids is 1. The molecule has 0 atom stereocenters. The summed E-state index contributed by atoms with van der Waals surface area (Å²) in [4.78, 5) is 23.4. The smallest absolute Gasteiger partial charge is 0.259 e. The third kappa shape index (κ3) is 2.98. The average Bonchev–Trinajstić information content (AvgIpc) is 2.29. The third-order valence-electron chi connectivity index (χ3n) is 1.88. The zero-order valence-electron chi connectivity index (χ0n) is 8.39. The van der Waals surface area contributed by atoms with Gasteiger partial charge < -0.3 is 5.32 Å². The van der Waals surface area contributed by atoms with Gasteiger partial charge >= 0.3 is 0 Å². The Morgan fingerprint density at radius 2 is 2.18 bits per heavy atom. The van der Waals surface area contributed by atoms with Gasteiger partial charge in [-0.25, -0.2) is 15.0 Å². The number of aromatic nitrogens is 3. The van der Waals surface area contributed by atoms with Crippen LogP contribution in [0.2, 0.25) is 5.15 Å². The summed E-state index contributed by atoms with van der Waals surface area (Å²) >= 11 is 8.88. The van der Waals surface area contributed by atoms with E-state index in [-0.39, 0.29) is 11.1 Å². The Bertz CT molecular complexity index is 564. The molecule has 86 valence electrons. The Labute approximate surface area is 110 Å². The molecule has 5 nitrogen and oxygen atoms in total. The predicted molar refractivity (Wildman–Crippen MR) is 66.9 cm³/mol. The van der Waals surface area contributed by atoms with Crippen molar-refractivity contribution in [2.75, 3.05) is 5.32 Å². The molecule has 2 aromatic heterocycles. The summed E-state index contributed by atoms with van der Waals surface area (Å²) in [5.41, 5.74) is 0.419. The minimum Gasteiger partial charge on any atom is -0.306 e. The summed E-state index contributed by atoms with van der Waals surface area (Å²) in [6.07, 6.45) is 2.86. The molecule has 1 amide bonds. The van der Waals surface area contributed by atoms with Crippen LogP contribution in [0, 0.1) is 0 Å². The van der Waals surface area contributed by atoms with Crippen molar-refractivity contribution in [3.05, 3.63) is 46.0 Å². The van der Waals surface area contributed by atoms with Gasteiger partial charge in [-0.05, 0) is 28.1 Å². The maximum atomic E-state index is 11.9. The van der Waals surface area contributed by atoms with Crippen molar-refractivity contribution in [2.45, 2.75) is 0 Å². The van der Waals surface area contributed by atoms with E-state index in [2.05, 4.69) is 36.2 Å². The van der Waals surface area contributed by atoms with E-state index in [1.807, 2.05) is 0 Å². The van der Waals surface area contributed by atoms with Gasteiger partial charge in [-0.1, -0.05) is 11.6 Å². The van der Waals surface area contributed by atoms with Crippen molar-refractivity contribution in [1.29, 1.82) is 0 Å². The highest BCUT2D eigenvalue weighted by Gasteiger charge is 2.11. The quantitative estimate of drug-likeness (QED) is 0.683. The summed E-state index contributed by atoms with van der Waals surface area (Å²) in [6.45, 7) is 0. The third-order valence-corrected chi connectivity index (χ3v) is 2.72. The predicted octanol–water partition coefficient (Wildman–Crippen LogP) is 2.54. The van der Waals surface area contributed by atoms with Gasteiger partial charge in [0.25, 0.3) is 5.91 Å². The van der Waals surface area contributed by atoms with Gasteiger partial charge in [0.15, 0.2) is 0 Å². The molecule has 0 spiro atoms. The molecule has 0 saturated heterocycles. The highest BCUT2D eigenvalue weighted by Crippen LogP contribution is 2.15. The number of hydrogen-bond acceptors (Lipinski definition) is 4. The van der Waals surface area contributed by atoms with Gasteiger partial charge in [-0.15, -0.1) is 0 Å². The number of anilines is 1. The molecule has 0 unspecified atom stereocenters. The lowest BCUT2D eigenvalue weighted by Gasteiger charge is -2.05. The van der Waals surface area contributed by atoms with Crippen LogP contribution in [-0.2, 0) is 0 Å². The first kappa shape index (κ1) is 11.9. The maximum absolute atomic E-state index is 11.9. The van der Waals surface area contributed by atoms with Crippen molar-refractivity contribution in [3.63, 3.8) is 0 Å². The highest BCUT2D eigenvalue weighted by molar-refractivity contribution is 9.10. The largest absolute Gasteiger partial charge is 0.306 e. The summed E-state index contributed by atoms with van der Waals surface area (Å²) < 4.78 is 0.470. The van der Waals surface area contributed by atoms with Gasteiger partial charge in [0.05, 0.1) is 5.56 Å². The fraction of sp³-hybridized carbons (Fsp3) is 0. The van der Waals surface area contributed by atoms with Gasteiger partial charge in [-0.2, -0.15) is 0 Å². The first-order valence-corrected chi connectivity index (χ1v) is 5.73. The van der Waals surface area contributed by atoms with Crippen LogP contribution in [0.25, 0.3) is 0 Å². The lowest BCUT2D eigenvalue weighted by molar-refractivity contribution is 0.102. The Hall–Kier alpha value is -1.53. The van der Waals surface area contributed by atoms with Gasteiger partial charge in [0.1, 0.15) is 21.9 Å². The summed E-state index contributed by atoms with van der Waals surface area (Å²) in [7, 11) is 0. The Morgan fingerprint density at radius 1 is 1.35 bits per heavy atom. The highest BCUT2D eigenvalue weighted by atomic mass is 79.9. The second kappa shape index (κ2) is 5.20. The van der Waals surface area contributed by atoms with E-state index < -0.39 is 0 Å². The van der Waals surface area contributed by atoms with E-state index in [4.69, 9.17) is 11.6 Å². The zero-order chi connectivity index (χ0) is 12.3. The second-order valence-corrected chi connectivity index (χ2v) is 4.16. The number of hydrogen-bond donors (Lipinski definition) is 1. The first-order valence-electron chi connectivity index (χ1n) is 4.56. The molecular formula is C10H6BrClN4O. The lowest BCUT2D eigenvalue weighted by atomic mass is 10.3.